The Bertz CT molecular complexity index is 465. The van der Waals surface area contributed by atoms with Gasteiger partial charge in [-0.05, 0) is 24.6 Å². The predicted octanol–water partition coefficient (Wildman–Crippen LogP) is 1.45. The molecule has 0 unspecified atom stereocenters. The Morgan fingerprint density at radius 3 is 2.80 bits per heavy atom. The number of anilines is 1. The Morgan fingerprint density at radius 2 is 2.20 bits per heavy atom. The summed E-state index contributed by atoms with van der Waals surface area (Å²) in [5.41, 5.74) is 1.11. The first kappa shape index (κ1) is 18.5. The fourth-order valence-corrected chi connectivity index (χ4v) is 1.45. The van der Waals surface area contributed by atoms with E-state index in [-0.39, 0.29) is 24.0 Å². The van der Waals surface area contributed by atoms with Crippen LogP contribution in [0.15, 0.2) is 23.3 Å². The molecule has 0 amide bonds. The van der Waals surface area contributed by atoms with Gasteiger partial charge in [0.25, 0.3) is 0 Å². The van der Waals surface area contributed by atoms with Gasteiger partial charge in [0.05, 0.1) is 13.1 Å². The van der Waals surface area contributed by atoms with Crippen LogP contribution < -0.4 is 15.5 Å². The third kappa shape index (κ3) is 6.61. The number of guanidine groups is 1. The first-order chi connectivity index (χ1) is 9.17. The summed E-state index contributed by atoms with van der Waals surface area (Å²) in [6.45, 7) is 3.87. The SMILES string of the molecule is C#CCNC(=NCc1ccnc(N(C)C)c1)NCC.I. The van der Waals surface area contributed by atoms with Crippen LogP contribution in [-0.4, -0.2) is 38.1 Å². The molecule has 0 atom stereocenters. The highest BCUT2D eigenvalue weighted by Crippen LogP contribution is 2.10. The molecule has 0 saturated carbocycles. The minimum absolute atomic E-state index is 0. The molecule has 1 aromatic rings. The minimum atomic E-state index is 0. The Labute approximate surface area is 138 Å². The molecular weight excluding hydrogens is 365 g/mol. The molecule has 0 spiro atoms. The van der Waals surface area contributed by atoms with Crippen LogP contribution in [0.2, 0.25) is 0 Å². The number of nitrogens with zero attached hydrogens (tertiary/aromatic N) is 3. The van der Waals surface area contributed by atoms with Crippen molar-refractivity contribution in [3.63, 3.8) is 0 Å². The predicted molar refractivity (Wildman–Crippen MR) is 95.6 cm³/mol. The molecule has 0 aliphatic carbocycles. The van der Waals surface area contributed by atoms with Gasteiger partial charge in [0.15, 0.2) is 5.96 Å². The Morgan fingerprint density at radius 1 is 1.45 bits per heavy atom. The normalized spacial score (nSPS) is 10.2. The monoisotopic (exact) mass is 387 g/mol. The smallest absolute Gasteiger partial charge is 0.192 e. The molecule has 1 rings (SSSR count). The molecular formula is C14H22IN5. The number of halogens is 1. The standard InChI is InChI=1S/C14H21N5.HI/c1-5-8-17-14(15-6-2)18-11-12-7-9-16-13(10-12)19(3)4;/h1,7,9-10H,6,8,11H2,2-4H3,(H2,15,17,18);1H. The summed E-state index contributed by atoms with van der Waals surface area (Å²) in [5, 5.41) is 6.20. The first-order valence-corrected chi connectivity index (χ1v) is 6.25. The molecule has 0 saturated heterocycles. The second kappa shape index (κ2) is 10.3. The number of aliphatic imine (C=N–C) groups is 1. The van der Waals surface area contributed by atoms with Crippen LogP contribution in [0.3, 0.4) is 0 Å². The number of pyridine rings is 1. The second-order valence-electron chi connectivity index (χ2n) is 4.17. The zero-order chi connectivity index (χ0) is 14.1. The number of hydrogen-bond donors (Lipinski definition) is 2. The van der Waals surface area contributed by atoms with Crippen molar-refractivity contribution in [2.45, 2.75) is 13.5 Å². The van der Waals surface area contributed by atoms with Gasteiger partial charge in [-0.2, -0.15) is 0 Å². The van der Waals surface area contributed by atoms with Gasteiger partial charge in [0.2, 0.25) is 0 Å². The maximum absolute atomic E-state index is 5.22. The van der Waals surface area contributed by atoms with E-state index < -0.39 is 0 Å². The van der Waals surface area contributed by atoms with Crippen LogP contribution in [-0.2, 0) is 6.54 Å². The highest BCUT2D eigenvalue weighted by molar-refractivity contribution is 14.0. The molecule has 0 bridgehead atoms. The molecule has 1 heterocycles. The molecule has 0 fully saturated rings. The topological polar surface area (TPSA) is 52.6 Å². The van der Waals surface area contributed by atoms with Crippen LogP contribution in [0.25, 0.3) is 0 Å². The van der Waals surface area contributed by atoms with Crippen molar-refractivity contribution >= 4 is 35.8 Å². The molecule has 0 radical (unpaired) electrons. The number of rotatable bonds is 5. The second-order valence-corrected chi connectivity index (χ2v) is 4.17. The van der Waals surface area contributed by atoms with E-state index in [0.29, 0.717) is 13.1 Å². The fraction of sp³-hybridized carbons (Fsp3) is 0.429. The maximum Gasteiger partial charge on any atom is 0.192 e. The lowest BCUT2D eigenvalue weighted by atomic mass is 10.2. The molecule has 2 N–H and O–H groups in total. The third-order valence-electron chi connectivity index (χ3n) is 2.39. The van der Waals surface area contributed by atoms with Crippen molar-refractivity contribution in [3.8, 4) is 12.3 Å². The van der Waals surface area contributed by atoms with E-state index in [1.807, 2.05) is 38.1 Å². The quantitative estimate of drug-likeness (QED) is 0.348. The van der Waals surface area contributed by atoms with Gasteiger partial charge in [0.1, 0.15) is 5.82 Å². The summed E-state index contributed by atoms with van der Waals surface area (Å²) in [6.07, 6.45) is 7.02. The zero-order valence-corrected chi connectivity index (χ0v) is 14.5. The highest BCUT2D eigenvalue weighted by atomic mass is 127. The van der Waals surface area contributed by atoms with Crippen LogP contribution >= 0.6 is 24.0 Å². The molecule has 1 aromatic heterocycles. The van der Waals surface area contributed by atoms with Crippen molar-refractivity contribution in [1.82, 2.24) is 15.6 Å². The van der Waals surface area contributed by atoms with Crippen molar-refractivity contribution in [3.05, 3.63) is 23.9 Å². The summed E-state index contributed by atoms with van der Waals surface area (Å²) in [6, 6.07) is 3.98. The largest absolute Gasteiger partial charge is 0.363 e. The Balaban J connectivity index is 0.00000361. The molecule has 0 aliphatic rings. The Hall–Kier alpha value is -1.49. The van der Waals surface area contributed by atoms with Crippen LogP contribution in [0.1, 0.15) is 12.5 Å². The van der Waals surface area contributed by atoms with Gasteiger partial charge in [-0.25, -0.2) is 9.98 Å². The van der Waals surface area contributed by atoms with E-state index in [0.717, 1.165) is 23.9 Å². The molecule has 6 heteroatoms. The molecule has 0 aliphatic heterocycles. The van der Waals surface area contributed by atoms with Gasteiger partial charge in [-0.1, -0.05) is 5.92 Å². The van der Waals surface area contributed by atoms with Gasteiger partial charge in [-0.3, -0.25) is 0 Å². The van der Waals surface area contributed by atoms with Crippen molar-refractivity contribution in [2.75, 3.05) is 32.1 Å². The molecule has 0 aromatic carbocycles. The van der Waals surface area contributed by atoms with Gasteiger partial charge in [-0.15, -0.1) is 30.4 Å². The van der Waals surface area contributed by atoms with E-state index in [2.05, 4.69) is 26.5 Å². The van der Waals surface area contributed by atoms with E-state index >= 15 is 0 Å². The third-order valence-corrected chi connectivity index (χ3v) is 2.39. The molecule has 110 valence electrons. The number of nitrogens with one attached hydrogen (secondary N) is 2. The summed E-state index contributed by atoms with van der Waals surface area (Å²) < 4.78 is 0. The number of terminal acetylenes is 1. The lowest BCUT2D eigenvalue weighted by Gasteiger charge is -2.12. The molecule has 5 nitrogen and oxygen atoms in total. The zero-order valence-electron chi connectivity index (χ0n) is 12.2. The lowest BCUT2D eigenvalue weighted by Crippen LogP contribution is -2.37. The van der Waals surface area contributed by atoms with Crippen LogP contribution in [0.4, 0.5) is 5.82 Å². The summed E-state index contributed by atoms with van der Waals surface area (Å²) >= 11 is 0. The average molecular weight is 387 g/mol. The van der Waals surface area contributed by atoms with Crippen LogP contribution in [0.5, 0.6) is 0 Å². The van der Waals surface area contributed by atoms with Gasteiger partial charge < -0.3 is 15.5 Å². The fourth-order valence-electron chi connectivity index (χ4n) is 1.45. The first-order valence-electron chi connectivity index (χ1n) is 6.25. The number of hydrogen-bond acceptors (Lipinski definition) is 3. The lowest BCUT2D eigenvalue weighted by molar-refractivity contribution is 0.864. The average Bonchev–Trinajstić information content (AvgIpc) is 2.42. The van der Waals surface area contributed by atoms with E-state index in [1.165, 1.54) is 0 Å². The van der Waals surface area contributed by atoms with E-state index in [9.17, 15) is 0 Å². The van der Waals surface area contributed by atoms with Gasteiger partial charge >= 0.3 is 0 Å². The van der Waals surface area contributed by atoms with Crippen molar-refractivity contribution < 1.29 is 0 Å². The summed E-state index contributed by atoms with van der Waals surface area (Å²) in [5.74, 6) is 4.18. The Kier molecular flexibility index (Phi) is 9.55. The minimum Gasteiger partial charge on any atom is -0.363 e. The summed E-state index contributed by atoms with van der Waals surface area (Å²) in [7, 11) is 3.93. The van der Waals surface area contributed by atoms with Gasteiger partial charge in [0, 0.05) is 26.8 Å². The highest BCUT2D eigenvalue weighted by Gasteiger charge is 2.00. The summed E-state index contributed by atoms with van der Waals surface area (Å²) in [4.78, 5) is 10.7. The van der Waals surface area contributed by atoms with Crippen molar-refractivity contribution in [2.24, 2.45) is 4.99 Å². The molecule has 20 heavy (non-hydrogen) atoms. The van der Waals surface area contributed by atoms with E-state index in [1.54, 1.807) is 6.20 Å². The van der Waals surface area contributed by atoms with E-state index in [4.69, 9.17) is 6.42 Å². The van der Waals surface area contributed by atoms with Crippen LogP contribution in [0, 0.1) is 12.3 Å². The van der Waals surface area contributed by atoms with Crippen molar-refractivity contribution in [1.29, 1.82) is 0 Å². The maximum atomic E-state index is 5.22. The number of aromatic nitrogens is 1.